The number of carbonyl (C=O) groups is 1. The fraction of sp³-hybridized carbons (Fsp3) is 0.308. The Morgan fingerprint density at radius 1 is 1.26 bits per heavy atom. The molecule has 2 rings (SSSR count). The van der Waals surface area contributed by atoms with Crippen LogP contribution in [-0.2, 0) is 11.3 Å². The van der Waals surface area contributed by atoms with Crippen molar-refractivity contribution < 1.29 is 4.79 Å². The molecular weight excluding hydrogens is 246 g/mol. The van der Waals surface area contributed by atoms with Crippen LogP contribution in [0, 0.1) is 0 Å². The van der Waals surface area contributed by atoms with E-state index in [1.165, 1.54) is 4.68 Å². The third kappa shape index (κ3) is 2.73. The molecule has 0 saturated heterocycles. The average molecular weight is 261 g/mol. The second-order valence-corrected chi connectivity index (χ2v) is 4.15. The van der Waals surface area contributed by atoms with E-state index < -0.39 is 0 Å². The molecule has 0 fully saturated rings. The minimum absolute atomic E-state index is 0.150. The molecule has 0 saturated carbocycles. The summed E-state index contributed by atoms with van der Waals surface area (Å²) in [6.07, 6.45) is 0.155. The number of hydrogen-bond donors (Lipinski definition) is 2. The van der Waals surface area contributed by atoms with E-state index >= 15 is 0 Å². The number of hydrogen-bond acceptors (Lipinski definition) is 3. The molecule has 0 bridgehead atoms. The lowest BCUT2D eigenvalue weighted by atomic mass is 10.2. The number of aromatic amines is 1. The number of rotatable bonds is 4. The van der Waals surface area contributed by atoms with Crippen molar-refractivity contribution in [3.8, 4) is 0 Å². The van der Waals surface area contributed by atoms with Crippen molar-refractivity contribution in [2.24, 2.45) is 0 Å². The van der Waals surface area contributed by atoms with Gasteiger partial charge in [0.2, 0.25) is 5.91 Å². The molecule has 6 heteroatoms. The van der Waals surface area contributed by atoms with Gasteiger partial charge in [-0.3, -0.25) is 19.5 Å². The predicted molar refractivity (Wildman–Crippen MR) is 72.1 cm³/mol. The van der Waals surface area contributed by atoms with Crippen LogP contribution in [0.15, 0.2) is 33.9 Å². The molecule has 2 N–H and O–H groups in total. The molecule has 2 aromatic rings. The van der Waals surface area contributed by atoms with Crippen LogP contribution in [0.5, 0.6) is 0 Å². The van der Waals surface area contributed by atoms with Gasteiger partial charge in [0.1, 0.15) is 0 Å². The van der Waals surface area contributed by atoms with Gasteiger partial charge in [-0.25, -0.2) is 4.68 Å². The number of amides is 1. The van der Waals surface area contributed by atoms with Crippen LogP contribution in [0.4, 0.5) is 0 Å². The minimum atomic E-state index is -0.328. The topological polar surface area (TPSA) is 84.0 Å². The monoisotopic (exact) mass is 261 g/mol. The lowest BCUT2D eigenvalue weighted by molar-refractivity contribution is -0.121. The fourth-order valence-corrected chi connectivity index (χ4v) is 1.90. The van der Waals surface area contributed by atoms with Crippen molar-refractivity contribution >= 4 is 16.7 Å². The fourth-order valence-electron chi connectivity index (χ4n) is 1.90. The van der Waals surface area contributed by atoms with Gasteiger partial charge in [0, 0.05) is 13.0 Å². The van der Waals surface area contributed by atoms with Crippen LogP contribution in [-0.4, -0.2) is 22.2 Å². The van der Waals surface area contributed by atoms with Gasteiger partial charge in [0.15, 0.2) is 0 Å². The van der Waals surface area contributed by atoms with Crippen LogP contribution in [0.3, 0.4) is 0 Å². The summed E-state index contributed by atoms with van der Waals surface area (Å²) in [5, 5.41) is 5.85. The third-order valence-corrected chi connectivity index (χ3v) is 2.82. The van der Waals surface area contributed by atoms with E-state index in [0.29, 0.717) is 17.3 Å². The molecule has 0 aliphatic heterocycles. The van der Waals surface area contributed by atoms with Crippen LogP contribution in [0.25, 0.3) is 10.8 Å². The van der Waals surface area contributed by atoms with Gasteiger partial charge < -0.3 is 5.32 Å². The number of H-pyrrole nitrogens is 1. The number of nitrogens with zero attached hydrogens (tertiary/aromatic N) is 1. The summed E-state index contributed by atoms with van der Waals surface area (Å²) in [6.45, 7) is 2.52. The zero-order chi connectivity index (χ0) is 13.8. The van der Waals surface area contributed by atoms with E-state index in [9.17, 15) is 14.4 Å². The Bertz CT molecular complexity index is 715. The maximum Gasteiger partial charge on any atom is 0.273 e. The Hall–Kier alpha value is -2.37. The first-order valence-corrected chi connectivity index (χ1v) is 6.12. The number of aryl methyl sites for hydroxylation is 1. The number of fused-ring (bicyclic) bond motifs is 1. The van der Waals surface area contributed by atoms with E-state index in [1.54, 1.807) is 24.3 Å². The average Bonchev–Trinajstić information content (AvgIpc) is 2.42. The molecule has 0 unspecified atom stereocenters. The normalized spacial score (nSPS) is 10.6. The molecule has 0 radical (unpaired) electrons. The molecule has 1 heterocycles. The molecule has 0 aliphatic carbocycles. The van der Waals surface area contributed by atoms with Gasteiger partial charge in [0.05, 0.1) is 17.3 Å². The number of carbonyl (C=O) groups excluding carboxylic acids is 1. The van der Waals surface area contributed by atoms with E-state index in [-0.39, 0.29) is 30.0 Å². The summed E-state index contributed by atoms with van der Waals surface area (Å²) >= 11 is 0. The number of nitrogens with one attached hydrogen (secondary N) is 2. The highest BCUT2D eigenvalue weighted by Crippen LogP contribution is 2.02. The van der Waals surface area contributed by atoms with Crippen LogP contribution >= 0.6 is 0 Å². The third-order valence-electron chi connectivity index (χ3n) is 2.82. The van der Waals surface area contributed by atoms with Crippen LogP contribution < -0.4 is 16.4 Å². The van der Waals surface area contributed by atoms with Gasteiger partial charge in [-0.2, -0.15) is 0 Å². The van der Waals surface area contributed by atoms with E-state index in [1.807, 2.05) is 6.92 Å². The zero-order valence-electron chi connectivity index (χ0n) is 10.6. The summed E-state index contributed by atoms with van der Waals surface area (Å²) in [4.78, 5) is 35.3. The quantitative estimate of drug-likeness (QED) is 0.825. The van der Waals surface area contributed by atoms with Crippen LogP contribution in [0.1, 0.15) is 13.3 Å². The zero-order valence-corrected chi connectivity index (χ0v) is 10.6. The molecular formula is C13H15N3O3. The summed E-state index contributed by atoms with van der Waals surface area (Å²) in [6, 6.07) is 6.62. The van der Waals surface area contributed by atoms with E-state index in [0.717, 1.165) is 0 Å². The molecule has 1 aromatic heterocycles. The first-order valence-electron chi connectivity index (χ1n) is 6.12. The number of aromatic nitrogens is 2. The lowest BCUT2D eigenvalue weighted by Gasteiger charge is -2.07. The molecule has 6 nitrogen and oxygen atoms in total. The molecule has 0 spiro atoms. The molecule has 19 heavy (non-hydrogen) atoms. The first kappa shape index (κ1) is 13.1. The van der Waals surface area contributed by atoms with E-state index in [4.69, 9.17) is 0 Å². The lowest BCUT2D eigenvalue weighted by Crippen LogP contribution is -2.32. The summed E-state index contributed by atoms with van der Waals surface area (Å²) < 4.78 is 1.18. The van der Waals surface area contributed by atoms with Gasteiger partial charge in [-0.15, -0.1) is 0 Å². The minimum Gasteiger partial charge on any atom is -0.356 e. The largest absolute Gasteiger partial charge is 0.356 e. The maximum atomic E-state index is 12.1. The van der Waals surface area contributed by atoms with Gasteiger partial charge in [0.25, 0.3) is 11.1 Å². The van der Waals surface area contributed by atoms with Crippen molar-refractivity contribution in [2.75, 3.05) is 6.54 Å². The van der Waals surface area contributed by atoms with Crippen molar-refractivity contribution in [1.29, 1.82) is 0 Å². The Kier molecular flexibility index (Phi) is 3.79. The predicted octanol–water partition coefficient (Wildman–Crippen LogP) is 0.216. The number of benzene rings is 1. The second kappa shape index (κ2) is 5.51. The highest BCUT2D eigenvalue weighted by Gasteiger charge is 2.07. The Morgan fingerprint density at radius 2 is 1.95 bits per heavy atom. The second-order valence-electron chi connectivity index (χ2n) is 4.15. The van der Waals surface area contributed by atoms with Crippen molar-refractivity contribution in [2.45, 2.75) is 19.9 Å². The molecule has 0 atom stereocenters. The Morgan fingerprint density at radius 3 is 2.63 bits per heavy atom. The van der Waals surface area contributed by atoms with Crippen molar-refractivity contribution in [1.82, 2.24) is 15.1 Å². The molecule has 1 aromatic carbocycles. The van der Waals surface area contributed by atoms with Gasteiger partial charge in [-0.05, 0) is 19.1 Å². The van der Waals surface area contributed by atoms with E-state index in [2.05, 4.69) is 10.4 Å². The van der Waals surface area contributed by atoms with Gasteiger partial charge >= 0.3 is 0 Å². The summed E-state index contributed by atoms with van der Waals surface area (Å²) in [5.74, 6) is -0.150. The highest BCUT2D eigenvalue weighted by molar-refractivity contribution is 5.80. The SMILES string of the molecule is CCNC(=O)CCn1[nH]c(=O)c2ccccc2c1=O. The molecule has 1 amide bonds. The van der Waals surface area contributed by atoms with Crippen molar-refractivity contribution in [3.63, 3.8) is 0 Å². The molecule has 100 valence electrons. The Labute approximate surface area is 109 Å². The standard InChI is InChI=1S/C13H15N3O3/c1-2-14-11(17)7-8-16-13(19)10-6-4-3-5-9(10)12(18)15-16/h3-6H,2,7-8H2,1H3,(H,14,17)(H,15,18). The summed E-state index contributed by atoms with van der Waals surface area (Å²) in [7, 11) is 0. The van der Waals surface area contributed by atoms with Gasteiger partial charge in [-0.1, -0.05) is 12.1 Å². The van der Waals surface area contributed by atoms with Crippen molar-refractivity contribution in [3.05, 3.63) is 45.0 Å². The summed E-state index contributed by atoms with van der Waals surface area (Å²) in [5.41, 5.74) is -0.620. The molecule has 0 aliphatic rings. The van der Waals surface area contributed by atoms with Crippen LogP contribution in [0.2, 0.25) is 0 Å². The highest BCUT2D eigenvalue weighted by atomic mass is 16.2. The smallest absolute Gasteiger partial charge is 0.273 e. The first-order chi connectivity index (χ1) is 9.13. The maximum absolute atomic E-state index is 12.1. The Balaban J connectivity index is 2.35.